The number of benzene rings is 2. The van der Waals surface area contributed by atoms with Gasteiger partial charge in [-0.3, -0.25) is 9.69 Å². The van der Waals surface area contributed by atoms with Crippen molar-refractivity contribution in [2.75, 3.05) is 40.4 Å². The number of aromatic nitrogens is 3. The van der Waals surface area contributed by atoms with E-state index in [9.17, 15) is 17.6 Å². The standard InChI is InChI=1S/C24H24FN5O5S2/c1-34-17-7-8-20(35-2)21(14-17)37(32,33)29-11-9-28(10-12-29)15-16-13-22(31)30-24(26-16)36-23(27-30)18-5-3-4-6-19(18)25/h3-8,13-14H,9-12,15H2,1-2H3. The molecule has 0 spiro atoms. The predicted molar refractivity (Wildman–Crippen MR) is 136 cm³/mol. The lowest BCUT2D eigenvalue weighted by Crippen LogP contribution is -2.48. The first-order valence-electron chi connectivity index (χ1n) is 11.4. The first-order chi connectivity index (χ1) is 17.8. The number of hydrogen-bond acceptors (Lipinski definition) is 9. The van der Waals surface area contributed by atoms with Gasteiger partial charge in [0.1, 0.15) is 22.2 Å². The van der Waals surface area contributed by atoms with Gasteiger partial charge in [-0.05, 0) is 24.3 Å². The fraction of sp³-hybridized carbons (Fsp3) is 0.292. The van der Waals surface area contributed by atoms with Crippen molar-refractivity contribution in [3.8, 4) is 22.1 Å². The van der Waals surface area contributed by atoms with Gasteiger partial charge in [-0.2, -0.15) is 13.9 Å². The molecule has 5 rings (SSSR count). The largest absolute Gasteiger partial charge is 0.497 e. The van der Waals surface area contributed by atoms with Crippen LogP contribution < -0.4 is 15.0 Å². The maximum absolute atomic E-state index is 14.2. The molecule has 0 amide bonds. The third-order valence-corrected chi connectivity index (χ3v) is 8.97. The maximum Gasteiger partial charge on any atom is 0.275 e. The lowest BCUT2D eigenvalue weighted by Gasteiger charge is -2.34. The first kappa shape index (κ1) is 25.3. The minimum Gasteiger partial charge on any atom is -0.497 e. The van der Waals surface area contributed by atoms with Crippen molar-refractivity contribution >= 4 is 26.3 Å². The van der Waals surface area contributed by atoms with Gasteiger partial charge in [0, 0.05) is 50.4 Å². The van der Waals surface area contributed by atoms with Crippen LogP contribution in [0, 0.1) is 5.82 Å². The lowest BCUT2D eigenvalue weighted by molar-refractivity contribution is 0.179. The number of nitrogens with zero attached hydrogens (tertiary/aromatic N) is 5. The normalized spacial score (nSPS) is 15.2. The Labute approximate surface area is 216 Å². The second-order valence-electron chi connectivity index (χ2n) is 8.36. The summed E-state index contributed by atoms with van der Waals surface area (Å²) in [6.45, 7) is 1.81. The molecule has 4 aromatic rings. The van der Waals surface area contributed by atoms with E-state index in [0.29, 0.717) is 46.6 Å². The Morgan fingerprint density at radius 2 is 1.78 bits per heavy atom. The van der Waals surface area contributed by atoms with Crippen LogP contribution in [0.15, 0.2) is 58.2 Å². The summed E-state index contributed by atoms with van der Waals surface area (Å²) in [6.07, 6.45) is 0. The number of halogens is 1. The van der Waals surface area contributed by atoms with E-state index in [0.717, 1.165) is 11.3 Å². The Hall–Kier alpha value is -3.39. The molecule has 37 heavy (non-hydrogen) atoms. The van der Waals surface area contributed by atoms with E-state index in [1.54, 1.807) is 30.3 Å². The van der Waals surface area contributed by atoms with Gasteiger partial charge in [0.25, 0.3) is 5.56 Å². The van der Waals surface area contributed by atoms with Crippen molar-refractivity contribution in [3.63, 3.8) is 0 Å². The Balaban J connectivity index is 1.31. The minimum absolute atomic E-state index is 0.0544. The third kappa shape index (κ3) is 4.94. The van der Waals surface area contributed by atoms with Crippen LogP contribution in [-0.4, -0.2) is 72.6 Å². The molecule has 0 atom stereocenters. The van der Waals surface area contributed by atoms with E-state index in [1.165, 1.54) is 41.2 Å². The van der Waals surface area contributed by atoms with Gasteiger partial charge >= 0.3 is 0 Å². The van der Waals surface area contributed by atoms with E-state index < -0.39 is 15.8 Å². The van der Waals surface area contributed by atoms with Crippen molar-refractivity contribution in [3.05, 3.63) is 70.4 Å². The number of rotatable bonds is 7. The van der Waals surface area contributed by atoms with Gasteiger partial charge in [-0.1, -0.05) is 23.5 Å². The van der Waals surface area contributed by atoms with E-state index in [-0.39, 0.29) is 29.3 Å². The molecule has 0 aliphatic carbocycles. The molecule has 1 fully saturated rings. The van der Waals surface area contributed by atoms with Gasteiger partial charge in [-0.15, -0.1) is 0 Å². The van der Waals surface area contributed by atoms with Crippen LogP contribution in [0.4, 0.5) is 4.39 Å². The lowest BCUT2D eigenvalue weighted by atomic mass is 10.2. The van der Waals surface area contributed by atoms with Crippen LogP contribution in [0.5, 0.6) is 11.5 Å². The van der Waals surface area contributed by atoms with E-state index >= 15 is 0 Å². The summed E-state index contributed by atoms with van der Waals surface area (Å²) in [5.74, 6) is 0.252. The number of fused-ring (bicyclic) bond motifs is 1. The van der Waals surface area contributed by atoms with Gasteiger partial charge in [0.05, 0.1) is 19.9 Å². The van der Waals surface area contributed by atoms with Crippen molar-refractivity contribution in [2.45, 2.75) is 11.4 Å². The van der Waals surface area contributed by atoms with Crippen molar-refractivity contribution in [2.24, 2.45) is 0 Å². The average Bonchev–Trinajstić information content (AvgIpc) is 3.33. The van der Waals surface area contributed by atoms with Crippen molar-refractivity contribution in [1.82, 2.24) is 23.8 Å². The monoisotopic (exact) mass is 545 g/mol. The summed E-state index contributed by atoms with van der Waals surface area (Å²) in [5.41, 5.74) is 0.494. The molecular weight excluding hydrogens is 521 g/mol. The zero-order valence-corrected chi connectivity index (χ0v) is 21.8. The Morgan fingerprint density at radius 3 is 2.49 bits per heavy atom. The van der Waals surface area contributed by atoms with Crippen LogP contribution in [-0.2, 0) is 16.6 Å². The smallest absolute Gasteiger partial charge is 0.275 e. The second kappa shape index (κ2) is 10.2. The van der Waals surface area contributed by atoms with Gasteiger partial charge < -0.3 is 9.47 Å². The molecule has 2 aromatic heterocycles. The SMILES string of the molecule is COc1ccc(OC)c(S(=O)(=O)N2CCN(Cc3cc(=O)n4nc(-c5ccccc5F)sc4n3)CC2)c1. The van der Waals surface area contributed by atoms with E-state index in [1.807, 2.05) is 4.90 Å². The van der Waals surface area contributed by atoms with Gasteiger partial charge in [0.2, 0.25) is 15.0 Å². The summed E-state index contributed by atoms with van der Waals surface area (Å²) < 4.78 is 53.9. The van der Waals surface area contributed by atoms with Crippen LogP contribution in [0.2, 0.25) is 0 Å². The fourth-order valence-electron chi connectivity index (χ4n) is 4.16. The molecule has 2 aromatic carbocycles. The summed E-state index contributed by atoms with van der Waals surface area (Å²) in [4.78, 5) is 19.7. The van der Waals surface area contributed by atoms with Crippen molar-refractivity contribution < 1.29 is 22.3 Å². The topological polar surface area (TPSA) is 106 Å². The quantitative estimate of drug-likeness (QED) is 0.349. The highest BCUT2D eigenvalue weighted by atomic mass is 32.2. The zero-order valence-electron chi connectivity index (χ0n) is 20.1. The third-order valence-electron chi connectivity index (χ3n) is 6.11. The van der Waals surface area contributed by atoms with Crippen LogP contribution in [0.25, 0.3) is 15.5 Å². The molecule has 3 heterocycles. The highest BCUT2D eigenvalue weighted by molar-refractivity contribution is 7.89. The molecule has 0 radical (unpaired) electrons. The maximum atomic E-state index is 14.2. The summed E-state index contributed by atoms with van der Waals surface area (Å²) in [7, 11) is -0.903. The fourth-order valence-corrected chi connectivity index (χ4v) is 6.71. The molecule has 1 saturated heterocycles. The molecular formula is C24H24FN5O5S2. The van der Waals surface area contributed by atoms with Crippen LogP contribution >= 0.6 is 11.3 Å². The highest BCUT2D eigenvalue weighted by Crippen LogP contribution is 2.31. The molecule has 0 bridgehead atoms. The molecule has 13 heteroatoms. The summed E-state index contributed by atoms with van der Waals surface area (Å²) in [6, 6.07) is 12.3. The Bertz CT molecular complexity index is 1610. The minimum atomic E-state index is -3.80. The van der Waals surface area contributed by atoms with E-state index in [4.69, 9.17) is 9.47 Å². The van der Waals surface area contributed by atoms with Crippen molar-refractivity contribution in [1.29, 1.82) is 0 Å². The molecule has 0 saturated carbocycles. The van der Waals surface area contributed by atoms with Gasteiger partial charge in [0.15, 0.2) is 5.01 Å². The first-order valence-corrected chi connectivity index (χ1v) is 13.6. The summed E-state index contributed by atoms with van der Waals surface area (Å²) in [5, 5.41) is 4.60. The highest BCUT2D eigenvalue weighted by Gasteiger charge is 2.31. The van der Waals surface area contributed by atoms with Crippen LogP contribution in [0.1, 0.15) is 5.69 Å². The molecule has 10 nitrogen and oxygen atoms in total. The number of hydrogen-bond donors (Lipinski definition) is 0. The predicted octanol–water partition coefficient (Wildman–Crippen LogP) is 2.48. The molecule has 194 valence electrons. The molecule has 0 N–H and O–H groups in total. The second-order valence-corrected chi connectivity index (χ2v) is 11.2. The number of sulfonamides is 1. The molecule has 1 aliphatic rings. The summed E-state index contributed by atoms with van der Waals surface area (Å²) >= 11 is 1.14. The number of methoxy groups -OCH3 is 2. The van der Waals surface area contributed by atoms with Crippen LogP contribution in [0.3, 0.4) is 0 Å². The number of piperazine rings is 1. The molecule has 1 aliphatic heterocycles. The zero-order chi connectivity index (χ0) is 26.2. The Kier molecular flexibility index (Phi) is 6.94. The number of ether oxygens (including phenoxy) is 2. The average molecular weight is 546 g/mol. The Morgan fingerprint density at radius 1 is 1.03 bits per heavy atom. The van der Waals surface area contributed by atoms with E-state index in [2.05, 4.69) is 10.1 Å². The molecule has 0 unspecified atom stereocenters. The van der Waals surface area contributed by atoms with Gasteiger partial charge in [-0.25, -0.2) is 17.8 Å².